The molecule has 0 aliphatic heterocycles. The predicted molar refractivity (Wildman–Crippen MR) is 158 cm³/mol. The van der Waals surface area contributed by atoms with Gasteiger partial charge in [-0.25, -0.2) is 0 Å². The molecule has 4 aromatic carbocycles. The maximum atomic E-state index is 13.3. The Kier molecular flexibility index (Phi) is 8.95. The minimum absolute atomic E-state index is 0.0113. The number of ketones is 1. The molecular formula is C29H24ClN3O2S2. The number of rotatable bonds is 8. The zero-order valence-corrected chi connectivity index (χ0v) is 22.3. The lowest BCUT2D eigenvalue weighted by atomic mass is 10.1. The first-order valence-corrected chi connectivity index (χ1v) is 13.1. The molecule has 5 nitrogen and oxygen atoms in total. The van der Waals surface area contributed by atoms with Gasteiger partial charge in [-0.05, 0) is 91.4 Å². The Hall–Kier alpha value is -3.65. The molecule has 37 heavy (non-hydrogen) atoms. The van der Waals surface area contributed by atoms with Gasteiger partial charge in [-0.3, -0.25) is 9.59 Å². The fourth-order valence-corrected chi connectivity index (χ4v) is 4.95. The molecule has 0 aliphatic rings. The maximum absolute atomic E-state index is 13.3. The first-order valence-electron chi connectivity index (χ1n) is 11.4. The van der Waals surface area contributed by atoms with E-state index in [4.69, 9.17) is 23.8 Å². The third-order valence-electron chi connectivity index (χ3n) is 5.35. The lowest BCUT2D eigenvalue weighted by Gasteiger charge is -2.18. The normalized spacial score (nSPS) is 11.3. The highest BCUT2D eigenvalue weighted by atomic mass is 35.5. The van der Waals surface area contributed by atoms with E-state index < -0.39 is 5.25 Å². The number of carbonyl (C=O) groups is 2. The van der Waals surface area contributed by atoms with Crippen molar-refractivity contribution in [1.29, 1.82) is 0 Å². The average Bonchev–Trinajstić information content (AvgIpc) is 2.89. The lowest BCUT2D eigenvalue weighted by molar-refractivity contribution is -0.115. The van der Waals surface area contributed by atoms with Crippen LogP contribution in [0.5, 0.6) is 0 Å². The second-order valence-corrected chi connectivity index (χ2v) is 10.2. The van der Waals surface area contributed by atoms with E-state index >= 15 is 0 Å². The molecule has 3 N–H and O–H groups in total. The summed E-state index contributed by atoms with van der Waals surface area (Å²) in [5.41, 5.74) is 3.77. The molecule has 1 unspecified atom stereocenters. The summed E-state index contributed by atoms with van der Waals surface area (Å²) in [6.07, 6.45) is 0. The quantitative estimate of drug-likeness (QED) is 0.119. The second kappa shape index (κ2) is 12.5. The SMILES string of the molecule is CC(=O)c1ccc(NC(=S)Nc2cccc(SC(C(=O)Nc3ccc(Cl)cc3)c3ccccc3)c2)cc1. The van der Waals surface area contributed by atoms with Gasteiger partial charge in [-0.1, -0.05) is 48.0 Å². The van der Waals surface area contributed by atoms with Crippen molar-refractivity contribution < 1.29 is 9.59 Å². The summed E-state index contributed by atoms with van der Waals surface area (Å²) in [5.74, 6) is -0.125. The van der Waals surface area contributed by atoms with Crippen molar-refractivity contribution in [2.24, 2.45) is 0 Å². The fourth-order valence-electron chi connectivity index (χ4n) is 3.51. The highest BCUT2D eigenvalue weighted by Gasteiger charge is 2.22. The van der Waals surface area contributed by atoms with E-state index in [1.54, 1.807) is 48.5 Å². The zero-order valence-electron chi connectivity index (χ0n) is 19.9. The molecule has 0 spiro atoms. The summed E-state index contributed by atoms with van der Waals surface area (Å²) in [4.78, 5) is 25.7. The summed E-state index contributed by atoms with van der Waals surface area (Å²) in [7, 11) is 0. The number of nitrogens with one attached hydrogen (secondary N) is 3. The Labute approximate surface area is 230 Å². The van der Waals surface area contributed by atoms with Crippen molar-refractivity contribution in [1.82, 2.24) is 0 Å². The molecule has 4 aromatic rings. The van der Waals surface area contributed by atoms with Crippen molar-refractivity contribution in [3.8, 4) is 0 Å². The van der Waals surface area contributed by atoms with Gasteiger partial charge >= 0.3 is 0 Å². The smallest absolute Gasteiger partial charge is 0.242 e. The summed E-state index contributed by atoms with van der Waals surface area (Å²) in [6.45, 7) is 1.53. The van der Waals surface area contributed by atoms with Crippen molar-refractivity contribution in [2.75, 3.05) is 16.0 Å². The van der Waals surface area contributed by atoms with Crippen LogP contribution in [0.25, 0.3) is 0 Å². The first-order chi connectivity index (χ1) is 17.9. The molecule has 0 aromatic heterocycles. The summed E-state index contributed by atoms with van der Waals surface area (Å²) in [5, 5.41) is 9.84. The molecule has 0 saturated heterocycles. The van der Waals surface area contributed by atoms with Gasteiger partial charge in [0, 0.05) is 32.5 Å². The summed E-state index contributed by atoms with van der Waals surface area (Å²) < 4.78 is 0. The Bertz CT molecular complexity index is 1400. The number of hydrogen-bond donors (Lipinski definition) is 3. The van der Waals surface area contributed by atoms with Crippen LogP contribution in [-0.4, -0.2) is 16.8 Å². The average molecular weight is 546 g/mol. The van der Waals surface area contributed by atoms with Crippen molar-refractivity contribution >= 4 is 69.4 Å². The number of thioether (sulfide) groups is 1. The number of Topliss-reactive ketones (excluding diaryl/α,β-unsaturated/α-hetero) is 1. The molecule has 1 amide bonds. The van der Waals surface area contributed by atoms with Crippen LogP contribution in [0.3, 0.4) is 0 Å². The van der Waals surface area contributed by atoms with Crippen LogP contribution in [-0.2, 0) is 4.79 Å². The highest BCUT2D eigenvalue weighted by molar-refractivity contribution is 8.00. The first kappa shape index (κ1) is 26.4. The van der Waals surface area contributed by atoms with Crippen LogP contribution in [0.15, 0.2) is 108 Å². The molecule has 0 saturated carbocycles. The topological polar surface area (TPSA) is 70.2 Å². The monoisotopic (exact) mass is 545 g/mol. The molecule has 0 radical (unpaired) electrons. The van der Waals surface area contributed by atoms with Crippen molar-refractivity contribution in [3.05, 3.63) is 119 Å². The van der Waals surface area contributed by atoms with E-state index in [9.17, 15) is 9.59 Å². The largest absolute Gasteiger partial charge is 0.332 e. The molecule has 0 bridgehead atoms. The van der Waals surface area contributed by atoms with Crippen LogP contribution in [0, 0.1) is 0 Å². The van der Waals surface area contributed by atoms with Gasteiger partial charge in [0.2, 0.25) is 5.91 Å². The third-order valence-corrected chi connectivity index (χ3v) is 7.05. The number of anilines is 3. The molecule has 4 rings (SSSR count). The number of carbonyl (C=O) groups excluding carboxylic acids is 2. The van der Waals surface area contributed by atoms with Gasteiger partial charge in [0.05, 0.1) is 0 Å². The van der Waals surface area contributed by atoms with Crippen molar-refractivity contribution in [2.45, 2.75) is 17.1 Å². The molecule has 186 valence electrons. The number of halogens is 1. The summed E-state index contributed by atoms with van der Waals surface area (Å²) >= 11 is 12.9. The highest BCUT2D eigenvalue weighted by Crippen LogP contribution is 2.37. The van der Waals surface area contributed by atoms with Gasteiger partial charge in [-0.15, -0.1) is 11.8 Å². The van der Waals surface area contributed by atoms with Crippen LogP contribution in [0.2, 0.25) is 5.02 Å². The third kappa shape index (κ3) is 7.67. The number of amides is 1. The van der Waals surface area contributed by atoms with E-state index in [1.165, 1.54) is 18.7 Å². The summed E-state index contributed by atoms with van der Waals surface area (Å²) in [6, 6.07) is 31.5. The van der Waals surface area contributed by atoms with Crippen molar-refractivity contribution in [3.63, 3.8) is 0 Å². The molecule has 0 aliphatic carbocycles. The van der Waals surface area contributed by atoms with Gasteiger partial charge in [0.25, 0.3) is 0 Å². The Morgan fingerprint density at radius 3 is 2.05 bits per heavy atom. The Morgan fingerprint density at radius 1 is 0.757 bits per heavy atom. The van der Waals surface area contributed by atoms with Crippen LogP contribution in [0.4, 0.5) is 17.1 Å². The Morgan fingerprint density at radius 2 is 1.38 bits per heavy atom. The van der Waals surface area contributed by atoms with Gasteiger partial charge in [0.15, 0.2) is 10.9 Å². The van der Waals surface area contributed by atoms with Crippen LogP contribution in [0.1, 0.15) is 28.1 Å². The van der Waals surface area contributed by atoms with Crippen LogP contribution < -0.4 is 16.0 Å². The fraction of sp³-hybridized carbons (Fsp3) is 0.0690. The minimum Gasteiger partial charge on any atom is -0.332 e. The number of thiocarbonyl (C=S) groups is 1. The van der Waals surface area contributed by atoms with E-state index in [0.29, 0.717) is 21.4 Å². The van der Waals surface area contributed by atoms with Gasteiger partial charge in [-0.2, -0.15) is 0 Å². The zero-order chi connectivity index (χ0) is 26.2. The van der Waals surface area contributed by atoms with Gasteiger partial charge < -0.3 is 16.0 Å². The Balaban J connectivity index is 1.46. The van der Waals surface area contributed by atoms with E-state index in [-0.39, 0.29) is 11.7 Å². The molecule has 1 atom stereocenters. The van der Waals surface area contributed by atoms with E-state index in [2.05, 4.69) is 16.0 Å². The van der Waals surface area contributed by atoms with E-state index in [0.717, 1.165) is 21.8 Å². The van der Waals surface area contributed by atoms with E-state index in [1.807, 2.05) is 54.6 Å². The number of hydrogen-bond acceptors (Lipinski definition) is 4. The number of benzene rings is 4. The molecule has 0 fully saturated rings. The predicted octanol–water partition coefficient (Wildman–Crippen LogP) is 7.82. The lowest BCUT2D eigenvalue weighted by Crippen LogP contribution is -2.19. The standard InChI is InChI=1S/C29H24ClN3O2S2/c1-19(34)20-10-14-24(15-11-20)32-29(36)33-25-8-5-9-26(18-25)37-27(21-6-3-2-4-7-21)28(35)31-23-16-12-22(30)13-17-23/h2-18,27H,1H3,(H,31,35)(H2,32,33,36). The molecule has 8 heteroatoms. The molecular weight excluding hydrogens is 522 g/mol. The minimum atomic E-state index is -0.475. The maximum Gasteiger partial charge on any atom is 0.242 e. The second-order valence-electron chi connectivity index (χ2n) is 8.15. The molecule has 0 heterocycles. The van der Waals surface area contributed by atoms with Gasteiger partial charge in [0.1, 0.15) is 5.25 Å². The van der Waals surface area contributed by atoms with Crippen LogP contribution >= 0.6 is 35.6 Å².